The van der Waals surface area contributed by atoms with Crippen molar-refractivity contribution in [1.82, 2.24) is 4.90 Å². The molecule has 2 rings (SSSR count). The Bertz CT molecular complexity index is 293. The monoisotopic (exact) mass is 239 g/mol. The second-order valence-corrected chi connectivity index (χ2v) is 6.24. The van der Waals surface area contributed by atoms with Gasteiger partial charge in [0.05, 0.1) is 6.42 Å². The highest BCUT2D eigenvalue weighted by Crippen LogP contribution is 2.50. The number of nitrogens with zero attached hydrogens (tertiary/aromatic N) is 1. The summed E-state index contributed by atoms with van der Waals surface area (Å²) in [6.07, 6.45) is 6.40. The van der Waals surface area contributed by atoms with Crippen molar-refractivity contribution in [3.05, 3.63) is 0 Å². The first-order valence-corrected chi connectivity index (χ1v) is 6.97. The number of hydrogen-bond acceptors (Lipinski definition) is 2. The van der Waals surface area contributed by atoms with Crippen LogP contribution >= 0.6 is 0 Å². The van der Waals surface area contributed by atoms with Gasteiger partial charge in [-0.15, -0.1) is 0 Å². The van der Waals surface area contributed by atoms with Crippen molar-refractivity contribution in [2.45, 2.75) is 52.4 Å². The summed E-state index contributed by atoms with van der Waals surface area (Å²) >= 11 is 0. The maximum absolute atomic E-state index is 10.8. The van der Waals surface area contributed by atoms with Crippen LogP contribution in [0.3, 0.4) is 0 Å². The molecular formula is C14H25NO2. The smallest absolute Gasteiger partial charge is 0.303 e. The maximum Gasteiger partial charge on any atom is 0.303 e. The van der Waals surface area contributed by atoms with Crippen LogP contribution in [0.25, 0.3) is 0 Å². The normalized spacial score (nSPS) is 26.0. The van der Waals surface area contributed by atoms with E-state index >= 15 is 0 Å². The Morgan fingerprint density at radius 2 is 1.82 bits per heavy atom. The summed E-state index contributed by atoms with van der Waals surface area (Å²) in [7, 11) is 0. The lowest BCUT2D eigenvalue weighted by Gasteiger charge is -2.28. The first-order chi connectivity index (χ1) is 8.03. The van der Waals surface area contributed by atoms with Crippen molar-refractivity contribution in [3.63, 3.8) is 0 Å². The zero-order valence-corrected chi connectivity index (χ0v) is 11.2. The summed E-state index contributed by atoms with van der Waals surface area (Å²) < 4.78 is 0. The zero-order chi connectivity index (χ0) is 12.5. The Balaban J connectivity index is 1.88. The number of rotatable bonds is 6. The van der Waals surface area contributed by atoms with E-state index in [4.69, 9.17) is 5.11 Å². The van der Waals surface area contributed by atoms with Crippen molar-refractivity contribution in [2.75, 3.05) is 19.6 Å². The minimum Gasteiger partial charge on any atom is -0.481 e. The number of carbonyl (C=O) groups is 1. The summed E-state index contributed by atoms with van der Waals surface area (Å²) in [5.74, 6) is -0.626. The number of carboxylic acids is 1. The van der Waals surface area contributed by atoms with E-state index in [1.807, 2.05) is 0 Å². The number of carboxylic acid groups (broad SMARTS) is 1. The predicted octanol–water partition coefficient (Wildman–Crippen LogP) is 2.75. The van der Waals surface area contributed by atoms with Crippen molar-refractivity contribution in [2.24, 2.45) is 10.8 Å². The highest BCUT2D eigenvalue weighted by molar-refractivity contribution is 5.68. The molecule has 0 radical (unpaired) electrons. The number of hydrogen-bond donors (Lipinski definition) is 1. The Hall–Kier alpha value is -0.570. The van der Waals surface area contributed by atoms with Gasteiger partial charge in [-0.3, -0.25) is 4.79 Å². The highest BCUT2D eigenvalue weighted by Gasteiger charge is 2.47. The van der Waals surface area contributed by atoms with Gasteiger partial charge in [-0.05, 0) is 49.5 Å². The molecule has 2 aliphatic rings. The van der Waals surface area contributed by atoms with Crippen LogP contribution in [0.4, 0.5) is 0 Å². The van der Waals surface area contributed by atoms with E-state index < -0.39 is 5.97 Å². The molecule has 1 aliphatic carbocycles. The first kappa shape index (κ1) is 12.9. The van der Waals surface area contributed by atoms with Gasteiger partial charge in [0, 0.05) is 13.1 Å². The van der Waals surface area contributed by atoms with Crippen molar-refractivity contribution >= 4 is 5.97 Å². The fraction of sp³-hybridized carbons (Fsp3) is 0.929. The van der Waals surface area contributed by atoms with Crippen molar-refractivity contribution in [3.8, 4) is 0 Å². The molecular weight excluding hydrogens is 214 g/mol. The molecule has 2 fully saturated rings. The van der Waals surface area contributed by atoms with E-state index in [1.54, 1.807) is 0 Å². The molecule has 0 aromatic carbocycles. The van der Waals surface area contributed by atoms with E-state index in [2.05, 4.69) is 18.7 Å². The van der Waals surface area contributed by atoms with Gasteiger partial charge in [0.1, 0.15) is 0 Å². The first-order valence-electron chi connectivity index (χ1n) is 6.97. The summed E-state index contributed by atoms with van der Waals surface area (Å²) in [5.41, 5.74) is 0.642. The fourth-order valence-corrected chi connectivity index (χ4v) is 3.35. The molecule has 17 heavy (non-hydrogen) atoms. The van der Waals surface area contributed by atoms with Crippen LogP contribution in [-0.2, 0) is 4.79 Å². The molecule has 1 heterocycles. The Morgan fingerprint density at radius 1 is 1.18 bits per heavy atom. The molecule has 0 aromatic heterocycles. The van der Waals surface area contributed by atoms with Gasteiger partial charge in [-0.25, -0.2) is 0 Å². The van der Waals surface area contributed by atoms with E-state index in [1.165, 1.54) is 32.4 Å². The Morgan fingerprint density at radius 3 is 2.24 bits per heavy atom. The van der Waals surface area contributed by atoms with Gasteiger partial charge in [-0.1, -0.05) is 13.8 Å². The van der Waals surface area contributed by atoms with Crippen LogP contribution in [0.1, 0.15) is 52.4 Å². The summed E-state index contributed by atoms with van der Waals surface area (Å²) in [5, 5.41) is 8.94. The van der Waals surface area contributed by atoms with E-state index in [9.17, 15) is 4.79 Å². The molecule has 3 nitrogen and oxygen atoms in total. The van der Waals surface area contributed by atoms with Crippen molar-refractivity contribution < 1.29 is 9.90 Å². The third kappa shape index (κ3) is 2.82. The van der Waals surface area contributed by atoms with Crippen LogP contribution < -0.4 is 0 Å². The van der Waals surface area contributed by atoms with Gasteiger partial charge >= 0.3 is 5.97 Å². The molecule has 1 saturated carbocycles. The van der Waals surface area contributed by atoms with E-state index in [0.29, 0.717) is 11.8 Å². The van der Waals surface area contributed by atoms with Crippen molar-refractivity contribution in [1.29, 1.82) is 0 Å². The van der Waals surface area contributed by atoms with Crippen LogP contribution in [0, 0.1) is 10.8 Å². The maximum atomic E-state index is 10.8. The largest absolute Gasteiger partial charge is 0.481 e. The van der Waals surface area contributed by atoms with Crippen LogP contribution in [0.15, 0.2) is 0 Å². The summed E-state index contributed by atoms with van der Waals surface area (Å²) in [4.78, 5) is 13.4. The zero-order valence-electron chi connectivity index (χ0n) is 11.2. The van der Waals surface area contributed by atoms with Crippen LogP contribution in [0.2, 0.25) is 0 Å². The van der Waals surface area contributed by atoms with Gasteiger partial charge < -0.3 is 10.0 Å². The molecule has 0 atom stereocenters. The number of likely N-dealkylation sites (tertiary alicyclic amines) is 1. The molecule has 98 valence electrons. The molecule has 0 amide bonds. The number of aliphatic carboxylic acids is 1. The predicted molar refractivity (Wildman–Crippen MR) is 68.0 cm³/mol. The van der Waals surface area contributed by atoms with Crippen LogP contribution in [-0.4, -0.2) is 35.6 Å². The standard InChI is InChI=1S/C14H25NO2/c1-3-13(4-2)7-8-15(10-13)11-14(5-6-14)9-12(16)17/h3-11H2,1-2H3,(H,16,17). The lowest BCUT2D eigenvalue weighted by molar-refractivity contribution is -0.138. The Labute approximate surface area is 104 Å². The molecule has 0 spiro atoms. The lowest BCUT2D eigenvalue weighted by Crippen LogP contribution is -2.32. The second kappa shape index (κ2) is 4.60. The van der Waals surface area contributed by atoms with E-state index in [0.717, 1.165) is 19.4 Å². The van der Waals surface area contributed by atoms with Crippen LogP contribution in [0.5, 0.6) is 0 Å². The summed E-state index contributed by atoms with van der Waals surface area (Å²) in [6, 6.07) is 0. The topological polar surface area (TPSA) is 40.5 Å². The molecule has 1 saturated heterocycles. The average molecular weight is 239 g/mol. The Kier molecular flexibility index (Phi) is 3.48. The fourth-order valence-electron chi connectivity index (χ4n) is 3.35. The summed E-state index contributed by atoms with van der Waals surface area (Å²) in [6.45, 7) is 7.94. The second-order valence-electron chi connectivity index (χ2n) is 6.24. The average Bonchev–Trinajstić information content (AvgIpc) is 2.90. The lowest BCUT2D eigenvalue weighted by atomic mass is 9.82. The van der Waals surface area contributed by atoms with Gasteiger partial charge in [-0.2, -0.15) is 0 Å². The highest BCUT2D eigenvalue weighted by atomic mass is 16.4. The molecule has 1 N–H and O–H groups in total. The molecule has 1 aliphatic heterocycles. The minimum absolute atomic E-state index is 0.128. The third-order valence-electron chi connectivity index (χ3n) is 5.06. The SMILES string of the molecule is CCC1(CC)CCN(CC2(CC(=O)O)CC2)C1. The van der Waals surface area contributed by atoms with E-state index in [-0.39, 0.29) is 5.41 Å². The molecule has 0 unspecified atom stereocenters. The van der Waals surface area contributed by atoms with Gasteiger partial charge in [0.15, 0.2) is 0 Å². The quantitative estimate of drug-likeness (QED) is 0.775. The molecule has 0 bridgehead atoms. The van der Waals surface area contributed by atoms with Gasteiger partial charge in [0.25, 0.3) is 0 Å². The molecule has 0 aromatic rings. The minimum atomic E-state index is -0.626. The third-order valence-corrected chi connectivity index (χ3v) is 5.06. The molecule has 3 heteroatoms. The van der Waals surface area contributed by atoms with Gasteiger partial charge in [0.2, 0.25) is 0 Å².